The number of anilines is 1. The van der Waals surface area contributed by atoms with Crippen LogP contribution in [0.15, 0.2) is 58.2 Å². The summed E-state index contributed by atoms with van der Waals surface area (Å²) in [5.74, 6) is -3.81. The van der Waals surface area contributed by atoms with Crippen molar-refractivity contribution < 1.29 is 48.9 Å². The molecule has 3 aromatic rings. The molecule has 3 aliphatic heterocycles. The number of amides is 2. The number of nitrogens with one attached hydrogen (secondary N) is 1. The Morgan fingerprint density at radius 1 is 1.09 bits per heavy atom. The number of aryl methyl sites for hydroxylation is 1. The number of fused-ring (bicyclic) bond motifs is 2. The van der Waals surface area contributed by atoms with E-state index in [9.17, 15) is 39.6 Å². The number of likely N-dealkylation sites (N-methyl/N-ethyl adjacent to an activating group) is 1. The number of carbonyl (C=O) groups excluding carboxylic acids is 2. The van der Waals surface area contributed by atoms with Crippen LogP contribution < -0.4 is 11.1 Å². The molecule has 15 nitrogen and oxygen atoms in total. The number of quaternary nitrogens is 1. The van der Waals surface area contributed by atoms with Crippen LogP contribution in [0.3, 0.4) is 0 Å². The number of nitrogens with zero attached hydrogens (tertiary/aromatic N) is 4. The van der Waals surface area contributed by atoms with Crippen LogP contribution in [0.2, 0.25) is 0 Å². The lowest BCUT2D eigenvalue weighted by molar-refractivity contribution is -0.937. The van der Waals surface area contributed by atoms with E-state index in [4.69, 9.17) is 10.6 Å². The lowest BCUT2D eigenvalue weighted by atomic mass is 9.96. The molecule has 53 heavy (non-hydrogen) atoms. The predicted octanol–water partition coefficient (Wildman–Crippen LogP) is 3.18. The van der Waals surface area contributed by atoms with Gasteiger partial charge in [-0.1, -0.05) is 29.4 Å². The first kappa shape index (κ1) is 37.6. The van der Waals surface area contributed by atoms with E-state index in [-0.39, 0.29) is 33.7 Å². The van der Waals surface area contributed by atoms with Gasteiger partial charge in [0.25, 0.3) is 11.8 Å². The Kier molecular flexibility index (Phi) is 10.4. The molecule has 1 unspecified atom stereocenters. The van der Waals surface area contributed by atoms with Gasteiger partial charge in [-0.3, -0.25) is 14.5 Å². The van der Waals surface area contributed by atoms with E-state index < -0.39 is 40.8 Å². The normalized spacial score (nSPS) is 21.4. The maximum absolute atomic E-state index is 13.4. The quantitative estimate of drug-likeness (QED) is 0.0485. The average Bonchev–Trinajstić information content (AvgIpc) is 3.53. The number of carboxylic acids is 2. The van der Waals surface area contributed by atoms with Crippen molar-refractivity contribution in [2.75, 3.05) is 25.1 Å². The van der Waals surface area contributed by atoms with Crippen molar-refractivity contribution in [2.24, 2.45) is 5.16 Å². The maximum Gasteiger partial charge on any atom is 0.352 e. The van der Waals surface area contributed by atoms with E-state index in [1.165, 1.54) is 41.5 Å². The van der Waals surface area contributed by atoms with Gasteiger partial charge >= 0.3 is 11.9 Å². The minimum atomic E-state index is -1.77. The molecular weight excluding hydrogens is 725 g/mol. The van der Waals surface area contributed by atoms with Gasteiger partial charge < -0.3 is 40.8 Å². The Labute approximate surface area is 313 Å². The first-order valence-corrected chi connectivity index (χ1v) is 18.8. The van der Waals surface area contributed by atoms with Gasteiger partial charge in [-0.15, -0.1) is 23.1 Å². The van der Waals surface area contributed by atoms with Crippen molar-refractivity contribution in [3.8, 4) is 11.5 Å². The lowest BCUT2D eigenvalue weighted by Crippen LogP contribution is -2.71. The fourth-order valence-corrected chi connectivity index (χ4v) is 8.64. The number of aliphatic carboxylic acids is 2. The number of rotatable bonds is 13. The average molecular weight is 766 g/mol. The highest BCUT2D eigenvalue weighted by Crippen LogP contribution is 2.42. The number of aromatic nitrogens is 1. The van der Waals surface area contributed by atoms with Crippen molar-refractivity contribution in [3.05, 3.63) is 81.0 Å². The highest BCUT2D eigenvalue weighted by Gasteiger charge is 2.54. The van der Waals surface area contributed by atoms with Crippen LogP contribution in [0.4, 0.5) is 5.13 Å². The second-order valence-corrected chi connectivity index (χ2v) is 16.2. The molecule has 1 fully saturated rings. The second-order valence-electron chi connectivity index (χ2n) is 14.2. The van der Waals surface area contributed by atoms with Crippen LogP contribution in [-0.4, -0.2) is 101 Å². The number of thiazole rings is 1. The molecule has 2 aromatic carbocycles. The molecule has 4 heterocycles. The number of hydrogen-bond acceptors (Lipinski definition) is 12. The molecule has 2 amide bonds. The molecule has 3 atom stereocenters. The SMILES string of the molecule is CC(C)(O/N=C(\C(=O)N[C@@H]1C(=O)N2C(C(=O)O)=C(CCCc3ccc(C[N+]4(C)CCc5cc(O)c(O)cc5C4)cc3)CS[C@H]12)c1csc(N)n1)C(=O)O. The number of carbonyl (C=O) groups is 4. The van der Waals surface area contributed by atoms with Crippen molar-refractivity contribution in [1.29, 1.82) is 0 Å². The molecule has 0 radical (unpaired) electrons. The minimum Gasteiger partial charge on any atom is -0.504 e. The van der Waals surface area contributed by atoms with Crippen molar-refractivity contribution in [2.45, 2.75) is 69.6 Å². The van der Waals surface area contributed by atoms with Crippen LogP contribution in [0.25, 0.3) is 0 Å². The van der Waals surface area contributed by atoms with Gasteiger partial charge in [-0.25, -0.2) is 14.6 Å². The summed E-state index contributed by atoms with van der Waals surface area (Å²) in [6, 6.07) is 10.6. The van der Waals surface area contributed by atoms with Crippen LogP contribution in [0.5, 0.6) is 11.5 Å². The molecular formula is C36H41N6O9S2+. The molecule has 0 spiro atoms. The van der Waals surface area contributed by atoms with Gasteiger partial charge in [0.2, 0.25) is 5.60 Å². The third-order valence-electron chi connectivity index (χ3n) is 9.70. The number of nitrogens with two attached hydrogens (primary N) is 1. The van der Waals surface area contributed by atoms with Gasteiger partial charge in [0, 0.05) is 28.7 Å². The van der Waals surface area contributed by atoms with Crippen LogP contribution in [0.1, 0.15) is 54.6 Å². The molecule has 280 valence electrons. The number of oxime groups is 1. The van der Waals surface area contributed by atoms with E-state index in [2.05, 4.69) is 46.8 Å². The number of hydrogen-bond donors (Lipinski definition) is 6. The van der Waals surface area contributed by atoms with Crippen LogP contribution >= 0.6 is 23.1 Å². The van der Waals surface area contributed by atoms with E-state index in [1.807, 2.05) is 0 Å². The number of carboxylic acid groups (broad SMARTS) is 2. The molecule has 0 bridgehead atoms. The summed E-state index contributed by atoms with van der Waals surface area (Å²) in [7, 11) is 2.19. The third-order valence-corrected chi connectivity index (χ3v) is 11.7. The topological polar surface area (TPSA) is 225 Å². The number of nitrogen functional groups attached to an aromatic ring is 1. The first-order chi connectivity index (χ1) is 25.0. The van der Waals surface area contributed by atoms with Gasteiger partial charge in [0.1, 0.15) is 35.9 Å². The summed E-state index contributed by atoms with van der Waals surface area (Å²) >= 11 is 2.38. The van der Waals surface area contributed by atoms with Crippen LogP contribution in [0, 0.1) is 0 Å². The number of benzene rings is 2. The third kappa shape index (κ3) is 7.96. The van der Waals surface area contributed by atoms with Crippen LogP contribution in [-0.2, 0) is 49.9 Å². The number of β-lactam (4-membered cyclic amide) rings is 1. The zero-order valence-electron chi connectivity index (χ0n) is 29.4. The Balaban J connectivity index is 1.06. The fraction of sp³-hybridized carbons (Fsp3) is 0.389. The van der Waals surface area contributed by atoms with E-state index >= 15 is 0 Å². The standard InChI is InChI=1S/C36H40N6O9S2/c1-36(2,34(49)50)51-40-27(24-18-53-35(37)38-24)30(45)39-28-31(46)41-29(33(47)48)22(17-52-32(28)41)6-4-5-19-7-9-20(10-8-19)15-42(3)12-11-21-13-25(43)26(44)14-23(21)16-42/h7-10,13-14,18,28,32H,4-6,11-12,15-17H2,1-3H3,(H6-,37,38,39,40,43,44,45,47,48,49,50)/p+1/t28-,32-,42?/m1/s1. The molecule has 17 heteroatoms. The number of thioether (sulfide) groups is 1. The fourth-order valence-electron chi connectivity index (χ4n) is 6.70. The van der Waals surface area contributed by atoms with E-state index in [0.29, 0.717) is 30.6 Å². The lowest BCUT2D eigenvalue weighted by Gasteiger charge is -2.49. The molecule has 1 saturated heterocycles. The summed E-state index contributed by atoms with van der Waals surface area (Å²) in [6.45, 7) is 4.97. The zero-order chi connectivity index (χ0) is 38.2. The predicted molar refractivity (Wildman–Crippen MR) is 197 cm³/mol. The Morgan fingerprint density at radius 2 is 1.77 bits per heavy atom. The Morgan fingerprint density at radius 3 is 2.42 bits per heavy atom. The highest BCUT2D eigenvalue weighted by molar-refractivity contribution is 8.00. The van der Waals surface area contributed by atoms with Crippen molar-refractivity contribution >= 4 is 57.7 Å². The summed E-state index contributed by atoms with van der Waals surface area (Å²) in [4.78, 5) is 61.0. The number of phenols is 2. The minimum absolute atomic E-state index is 0.0300. The van der Waals surface area contributed by atoms with Gasteiger partial charge in [-0.05, 0) is 61.9 Å². The van der Waals surface area contributed by atoms with E-state index in [1.54, 1.807) is 12.1 Å². The summed E-state index contributed by atoms with van der Waals surface area (Å²) in [6.07, 6.45) is 2.67. The molecule has 0 saturated carbocycles. The Bertz CT molecular complexity index is 2030. The molecule has 3 aliphatic rings. The van der Waals surface area contributed by atoms with Crippen molar-refractivity contribution in [3.63, 3.8) is 0 Å². The first-order valence-electron chi connectivity index (χ1n) is 16.9. The molecule has 6 rings (SSSR count). The van der Waals surface area contributed by atoms with Crippen molar-refractivity contribution in [1.82, 2.24) is 15.2 Å². The van der Waals surface area contributed by atoms with Gasteiger partial charge in [0.15, 0.2) is 22.3 Å². The van der Waals surface area contributed by atoms with Gasteiger partial charge in [0.05, 0.1) is 13.6 Å². The molecule has 0 aliphatic carbocycles. The maximum atomic E-state index is 13.4. The zero-order valence-corrected chi connectivity index (χ0v) is 31.0. The largest absolute Gasteiger partial charge is 0.504 e. The van der Waals surface area contributed by atoms with E-state index in [0.717, 1.165) is 58.6 Å². The monoisotopic (exact) mass is 765 g/mol. The summed E-state index contributed by atoms with van der Waals surface area (Å²) < 4.78 is 0.774. The number of phenolic OH excluding ortho intramolecular Hbond substituents is 2. The number of aromatic hydroxyl groups is 2. The smallest absolute Gasteiger partial charge is 0.352 e. The molecule has 7 N–H and O–H groups in total. The molecule has 1 aromatic heterocycles. The second kappa shape index (κ2) is 14.7. The summed E-state index contributed by atoms with van der Waals surface area (Å²) in [5.41, 5.74) is 8.57. The Hall–Kier alpha value is -5.13. The van der Waals surface area contributed by atoms with Gasteiger partial charge in [-0.2, -0.15) is 0 Å². The highest BCUT2D eigenvalue weighted by atomic mass is 32.2. The summed E-state index contributed by atoms with van der Waals surface area (Å²) in [5, 5.41) is 46.7.